The summed E-state index contributed by atoms with van der Waals surface area (Å²) in [5, 5.41) is 1.13. The number of aryl methyl sites for hydroxylation is 1. The summed E-state index contributed by atoms with van der Waals surface area (Å²) in [4.78, 5) is 27.4. The average Bonchev–Trinajstić information content (AvgIpc) is 3.20. The summed E-state index contributed by atoms with van der Waals surface area (Å²) in [7, 11) is 1.68. The minimum atomic E-state index is -0.476. The van der Waals surface area contributed by atoms with E-state index in [2.05, 4.69) is 23.2 Å². The predicted octanol–water partition coefficient (Wildman–Crippen LogP) is 6.21. The van der Waals surface area contributed by atoms with Crippen LogP contribution in [0.25, 0.3) is 33.2 Å². The first kappa shape index (κ1) is 23.1. The molecule has 1 aliphatic rings. The van der Waals surface area contributed by atoms with Crippen molar-refractivity contribution < 1.29 is 14.3 Å². The van der Waals surface area contributed by atoms with Crippen molar-refractivity contribution in [1.82, 2.24) is 19.9 Å². The summed E-state index contributed by atoms with van der Waals surface area (Å²) in [6, 6.07) is 14.4. The molecule has 7 nitrogen and oxygen atoms in total. The molecule has 1 aromatic carbocycles. The second kappa shape index (κ2) is 8.87. The van der Waals surface area contributed by atoms with Crippen molar-refractivity contribution in [2.24, 2.45) is 0 Å². The highest BCUT2D eigenvalue weighted by molar-refractivity contribution is 5.90. The molecule has 0 saturated carbocycles. The molecule has 0 spiro atoms. The van der Waals surface area contributed by atoms with E-state index in [4.69, 9.17) is 19.4 Å². The van der Waals surface area contributed by atoms with Gasteiger partial charge in [-0.1, -0.05) is 0 Å². The molecule has 4 aromatic rings. The minimum absolute atomic E-state index is 0.234. The number of piperidine rings is 1. The summed E-state index contributed by atoms with van der Waals surface area (Å²) in [6.45, 7) is 9.09. The van der Waals surface area contributed by atoms with Gasteiger partial charge in [0.2, 0.25) is 0 Å². The van der Waals surface area contributed by atoms with Gasteiger partial charge >= 0.3 is 6.09 Å². The van der Waals surface area contributed by atoms with Gasteiger partial charge in [-0.2, -0.15) is 0 Å². The number of rotatable bonds is 3. The Morgan fingerprint density at radius 1 is 1.03 bits per heavy atom. The number of carbonyl (C=O) groups is 1. The molecule has 182 valence electrons. The van der Waals surface area contributed by atoms with E-state index in [0.29, 0.717) is 19.0 Å². The summed E-state index contributed by atoms with van der Waals surface area (Å²) in [5.74, 6) is 1.10. The largest absolute Gasteiger partial charge is 0.496 e. The smallest absolute Gasteiger partial charge is 0.410 e. The zero-order valence-electron chi connectivity index (χ0n) is 21.0. The van der Waals surface area contributed by atoms with Gasteiger partial charge < -0.3 is 19.4 Å². The summed E-state index contributed by atoms with van der Waals surface area (Å²) in [5.41, 5.74) is 6.28. The van der Waals surface area contributed by atoms with Gasteiger partial charge in [-0.25, -0.2) is 9.78 Å². The lowest BCUT2D eigenvalue weighted by atomic mass is 9.93. The molecule has 1 amide bonds. The number of nitrogens with one attached hydrogen (secondary N) is 1. The van der Waals surface area contributed by atoms with Gasteiger partial charge in [0.25, 0.3) is 0 Å². The molecule has 35 heavy (non-hydrogen) atoms. The summed E-state index contributed by atoms with van der Waals surface area (Å²) >= 11 is 0. The monoisotopic (exact) mass is 472 g/mol. The maximum Gasteiger partial charge on any atom is 0.410 e. The van der Waals surface area contributed by atoms with Crippen molar-refractivity contribution in [3.8, 4) is 17.0 Å². The minimum Gasteiger partial charge on any atom is -0.496 e. The normalized spacial score (nSPS) is 15.1. The fraction of sp³-hybridized carbons (Fsp3) is 0.393. The summed E-state index contributed by atoms with van der Waals surface area (Å²) < 4.78 is 11.2. The highest BCUT2D eigenvalue weighted by atomic mass is 16.6. The van der Waals surface area contributed by atoms with E-state index < -0.39 is 5.60 Å². The van der Waals surface area contributed by atoms with Crippen LogP contribution in [-0.4, -0.2) is 51.7 Å². The van der Waals surface area contributed by atoms with E-state index in [1.165, 1.54) is 0 Å². The molecule has 1 aliphatic heterocycles. The number of methoxy groups -OCH3 is 1. The number of H-pyrrole nitrogens is 1. The number of pyridine rings is 2. The predicted molar refractivity (Wildman–Crippen MR) is 138 cm³/mol. The SMILES string of the molecule is COc1cc2[nH]c(C)cc2cc1-c1ccc2nc(C3CCN(C(=O)OC(C)(C)C)CC3)ccc2n1. The highest BCUT2D eigenvalue weighted by Crippen LogP contribution is 2.35. The van der Waals surface area contributed by atoms with E-state index in [9.17, 15) is 4.79 Å². The number of likely N-dealkylation sites (tertiary alicyclic amines) is 1. The van der Waals surface area contributed by atoms with Crippen molar-refractivity contribution in [1.29, 1.82) is 0 Å². The van der Waals surface area contributed by atoms with Crippen LogP contribution in [0.1, 0.15) is 50.9 Å². The molecule has 0 aliphatic carbocycles. The van der Waals surface area contributed by atoms with E-state index >= 15 is 0 Å². The number of hydrogen-bond donors (Lipinski definition) is 1. The van der Waals surface area contributed by atoms with Gasteiger partial charge in [-0.15, -0.1) is 0 Å². The Kier molecular flexibility index (Phi) is 5.87. The number of carbonyl (C=O) groups excluding carboxylic acids is 1. The van der Waals surface area contributed by atoms with Crippen molar-refractivity contribution in [2.45, 2.75) is 52.1 Å². The van der Waals surface area contributed by atoms with Crippen LogP contribution in [-0.2, 0) is 4.74 Å². The number of amides is 1. The topological polar surface area (TPSA) is 80.3 Å². The van der Waals surface area contributed by atoms with Gasteiger partial charge in [0.05, 0.1) is 23.8 Å². The molecular weight excluding hydrogens is 440 g/mol. The lowest BCUT2D eigenvalue weighted by Gasteiger charge is -2.33. The number of hydrogen-bond acceptors (Lipinski definition) is 5. The second-order valence-electron chi connectivity index (χ2n) is 10.3. The molecule has 3 aromatic heterocycles. The average molecular weight is 473 g/mol. The lowest BCUT2D eigenvalue weighted by Crippen LogP contribution is -2.41. The van der Waals surface area contributed by atoms with Gasteiger partial charge in [0.1, 0.15) is 11.4 Å². The first-order chi connectivity index (χ1) is 16.7. The number of aromatic nitrogens is 3. The van der Waals surface area contributed by atoms with Crippen molar-refractivity contribution in [3.63, 3.8) is 0 Å². The first-order valence-corrected chi connectivity index (χ1v) is 12.1. The third-order valence-electron chi connectivity index (χ3n) is 6.48. The van der Waals surface area contributed by atoms with Crippen molar-refractivity contribution in [3.05, 3.63) is 53.9 Å². The zero-order chi connectivity index (χ0) is 24.7. The molecule has 0 atom stereocenters. The van der Waals surface area contributed by atoms with Gasteiger partial charge in [-0.05, 0) is 76.9 Å². The number of fused-ring (bicyclic) bond motifs is 2. The lowest BCUT2D eigenvalue weighted by molar-refractivity contribution is 0.0204. The Morgan fingerprint density at radius 2 is 1.74 bits per heavy atom. The Bertz CT molecular complexity index is 1390. The van der Waals surface area contributed by atoms with Crippen molar-refractivity contribution in [2.75, 3.05) is 20.2 Å². The Hall–Kier alpha value is -3.61. The van der Waals surface area contributed by atoms with E-state index in [0.717, 1.165) is 63.2 Å². The number of benzene rings is 1. The second-order valence-corrected chi connectivity index (χ2v) is 10.3. The summed E-state index contributed by atoms with van der Waals surface area (Å²) in [6.07, 6.45) is 1.51. The number of nitrogens with zero attached hydrogens (tertiary/aromatic N) is 3. The molecule has 7 heteroatoms. The Labute approximate surface area is 205 Å². The molecule has 1 fully saturated rings. The van der Waals surface area contributed by atoms with E-state index in [1.54, 1.807) is 12.0 Å². The van der Waals surface area contributed by atoms with Gasteiger partial charge in [-0.3, -0.25) is 4.98 Å². The third kappa shape index (κ3) is 4.81. The molecule has 4 heterocycles. The van der Waals surface area contributed by atoms with Crippen LogP contribution in [0, 0.1) is 6.92 Å². The first-order valence-electron chi connectivity index (χ1n) is 12.1. The van der Waals surface area contributed by atoms with Crippen LogP contribution in [0.2, 0.25) is 0 Å². The van der Waals surface area contributed by atoms with Crippen LogP contribution >= 0.6 is 0 Å². The van der Waals surface area contributed by atoms with Crippen LogP contribution in [0.15, 0.2) is 42.5 Å². The number of ether oxygens (including phenoxy) is 2. The van der Waals surface area contributed by atoms with Crippen molar-refractivity contribution >= 4 is 28.0 Å². The van der Waals surface area contributed by atoms with Gasteiger partial charge in [0.15, 0.2) is 0 Å². The molecule has 0 unspecified atom stereocenters. The Morgan fingerprint density at radius 3 is 2.46 bits per heavy atom. The highest BCUT2D eigenvalue weighted by Gasteiger charge is 2.28. The van der Waals surface area contributed by atoms with E-state index in [-0.39, 0.29) is 6.09 Å². The maximum atomic E-state index is 12.4. The molecular formula is C28H32N4O3. The standard InChI is InChI=1S/C28H32N4O3/c1-17-14-19-15-20(26(34-5)16-25(19)29-17)22-7-9-23-24(31-22)8-6-21(30-23)18-10-12-32(13-11-18)27(33)35-28(2,3)4/h6-9,14-16,18,29H,10-13H2,1-5H3. The Balaban J connectivity index is 1.36. The molecule has 0 bridgehead atoms. The van der Waals surface area contributed by atoms with Crippen LogP contribution in [0.3, 0.4) is 0 Å². The molecule has 1 saturated heterocycles. The zero-order valence-corrected chi connectivity index (χ0v) is 21.0. The number of aromatic amines is 1. The molecule has 0 radical (unpaired) electrons. The van der Waals surface area contributed by atoms with Gasteiger partial charge in [0, 0.05) is 52.9 Å². The fourth-order valence-corrected chi connectivity index (χ4v) is 4.76. The van der Waals surface area contributed by atoms with E-state index in [1.807, 2.05) is 52.0 Å². The van der Waals surface area contributed by atoms with Crippen LogP contribution in [0.4, 0.5) is 4.79 Å². The third-order valence-corrected chi connectivity index (χ3v) is 6.48. The van der Waals surface area contributed by atoms with Crippen LogP contribution < -0.4 is 4.74 Å². The fourth-order valence-electron chi connectivity index (χ4n) is 4.76. The molecule has 5 rings (SSSR count). The maximum absolute atomic E-state index is 12.4. The quantitative estimate of drug-likeness (QED) is 0.383. The van der Waals surface area contributed by atoms with Crippen LogP contribution in [0.5, 0.6) is 5.75 Å². The molecule has 1 N–H and O–H groups in total.